The SMILES string of the molecule is CC1CN(C(=O)Nc2ccc(F)cc2)CCC12CCC(C(=O)NCC1CC1)O2. The van der Waals surface area contributed by atoms with Gasteiger partial charge in [0, 0.05) is 31.2 Å². The van der Waals surface area contributed by atoms with Crippen LogP contribution in [0.5, 0.6) is 0 Å². The molecule has 3 amide bonds. The van der Waals surface area contributed by atoms with E-state index in [0.717, 1.165) is 25.8 Å². The average Bonchev–Trinajstić information content (AvgIpc) is 3.42. The van der Waals surface area contributed by atoms with Crippen molar-refractivity contribution < 1.29 is 18.7 Å². The molecule has 4 rings (SSSR count). The van der Waals surface area contributed by atoms with Gasteiger partial charge in [0.05, 0.1) is 5.60 Å². The Kier molecular flexibility index (Phi) is 5.27. The molecule has 0 aromatic heterocycles. The molecule has 6 nitrogen and oxygen atoms in total. The molecular formula is C21H28FN3O3. The summed E-state index contributed by atoms with van der Waals surface area (Å²) in [6.07, 6.45) is 4.36. The summed E-state index contributed by atoms with van der Waals surface area (Å²) in [5.74, 6) is 0.468. The third kappa shape index (κ3) is 4.14. The zero-order valence-corrected chi connectivity index (χ0v) is 16.2. The molecule has 1 aromatic carbocycles. The van der Waals surface area contributed by atoms with E-state index >= 15 is 0 Å². The Morgan fingerprint density at radius 2 is 1.96 bits per heavy atom. The standard InChI is InChI=1S/C21H28FN3O3/c1-14-13-25(20(27)24-17-6-4-16(22)5-7-17)11-10-21(14)9-8-18(28-21)19(26)23-12-15-2-3-15/h4-7,14-15,18H,2-3,8-13H2,1H3,(H,23,26)(H,24,27). The summed E-state index contributed by atoms with van der Waals surface area (Å²) < 4.78 is 19.3. The molecular weight excluding hydrogens is 361 g/mol. The zero-order valence-electron chi connectivity index (χ0n) is 16.2. The lowest BCUT2D eigenvalue weighted by molar-refractivity contribution is -0.146. The van der Waals surface area contributed by atoms with Crippen LogP contribution in [-0.4, -0.2) is 48.2 Å². The van der Waals surface area contributed by atoms with Gasteiger partial charge in [0.2, 0.25) is 5.91 Å². The van der Waals surface area contributed by atoms with Crippen molar-refractivity contribution in [2.45, 2.75) is 50.7 Å². The molecule has 1 spiro atoms. The molecule has 1 saturated carbocycles. The van der Waals surface area contributed by atoms with Gasteiger partial charge in [0.25, 0.3) is 0 Å². The Labute approximate surface area is 164 Å². The summed E-state index contributed by atoms with van der Waals surface area (Å²) in [5, 5.41) is 5.83. The van der Waals surface area contributed by atoms with E-state index in [9.17, 15) is 14.0 Å². The first-order chi connectivity index (χ1) is 13.4. The largest absolute Gasteiger partial charge is 0.362 e. The molecule has 2 heterocycles. The average molecular weight is 389 g/mol. The fourth-order valence-corrected chi connectivity index (χ4v) is 4.27. The van der Waals surface area contributed by atoms with Gasteiger partial charge in [-0.25, -0.2) is 9.18 Å². The number of hydrogen-bond donors (Lipinski definition) is 2. The summed E-state index contributed by atoms with van der Waals surface area (Å²) in [7, 11) is 0. The second-order valence-electron chi connectivity index (χ2n) is 8.43. The fraction of sp³-hybridized carbons (Fsp3) is 0.619. The molecule has 3 fully saturated rings. The Balaban J connectivity index is 1.30. The van der Waals surface area contributed by atoms with Gasteiger partial charge < -0.3 is 20.3 Å². The normalized spacial score (nSPS) is 29.7. The fourth-order valence-electron chi connectivity index (χ4n) is 4.27. The van der Waals surface area contributed by atoms with Crippen molar-refractivity contribution >= 4 is 17.6 Å². The highest BCUT2D eigenvalue weighted by Gasteiger charge is 2.49. The van der Waals surface area contributed by atoms with E-state index in [1.54, 1.807) is 17.0 Å². The number of ether oxygens (including phenoxy) is 1. The highest BCUT2D eigenvalue weighted by molar-refractivity contribution is 5.89. The maximum absolute atomic E-state index is 13.0. The number of nitrogens with zero attached hydrogens (tertiary/aromatic N) is 1. The van der Waals surface area contributed by atoms with Crippen LogP contribution >= 0.6 is 0 Å². The molecule has 2 saturated heterocycles. The molecule has 0 radical (unpaired) electrons. The van der Waals surface area contributed by atoms with Crippen LogP contribution in [0.25, 0.3) is 0 Å². The summed E-state index contributed by atoms with van der Waals surface area (Å²) in [5.41, 5.74) is 0.248. The minimum Gasteiger partial charge on any atom is -0.362 e. The molecule has 2 aliphatic heterocycles. The van der Waals surface area contributed by atoms with E-state index in [4.69, 9.17) is 4.74 Å². The number of piperidine rings is 1. The van der Waals surface area contributed by atoms with E-state index in [2.05, 4.69) is 17.6 Å². The predicted molar refractivity (Wildman–Crippen MR) is 103 cm³/mol. The van der Waals surface area contributed by atoms with Crippen LogP contribution in [-0.2, 0) is 9.53 Å². The van der Waals surface area contributed by atoms with Crippen LogP contribution in [0.3, 0.4) is 0 Å². The maximum Gasteiger partial charge on any atom is 0.321 e. The number of rotatable bonds is 4. The van der Waals surface area contributed by atoms with Gasteiger partial charge >= 0.3 is 6.03 Å². The molecule has 3 unspecified atom stereocenters. The summed E-state index contributed by atoms with van der Waals surface area (Å²) in [6.45, 7) is 4.00. The van der Waals surface area contributed by atoms with Crippen molar-refractivity contribution in [2.24, 2.45) is 11.8 Å². The van der Waals surface area contributed by atoms with Crippen molar-refractivity contribution in [1.82, 2.24) is 10.2 Å². The Bertz CT molecular complexity index is 737. The number of amides is 3. The molecule has 1 aromatic rings. The highest BCUT2D eigenvalue weighted by atomic mass is 19.1. The van der Waals surface area contributed by atoms with Crippen molar-refractivity contribution in [3.63, 3.8) is 0 Å². The number of halogens is 1. The number of likely N-dealkylation sites (tertiary alicyclic amines) is 1. The summed E-state index contributed by atoms with van der Waals surface area (Å²) >= 11 is 0. The number of nitrogens with one attached hydrogen (secondary N) is 2. The molecule has 152 valence electrons. The quantitative estimate of drug-likeness (QED) is 0.831. The first-order valence-corrected chi connectivity index (χ1v) is 10.2. The second-order valence-corrected chi connectivity index (χ2v) is 8.43. The smallest absolute Gasteiger partial charge is 0.321 e. The van der Waals surface area contributed by atoms with E-state index in [1.165, 1.54) is 25.0 Å². The van der Waals surface area contributed by atoms with Gasteiger partial charge in [-0.1, -0.05) is 6.92 Å². The minimum absolute atomic E-state index is 0.00691. The van der Waals surface area contributed by atoms with Crippen LogP contribution in [0.4, 0.5) is 14.9 Å². The first-order valence-electron chi connectivity index (χ1n) is 10.2. The van der Waals surface area contributed by atoms with Crippen molar-refractivity contribution in [3.8, 4) is 0 Å². The van der Waals surface area contributed by atoms with Crippen LogP contribution in [0.1, 0.15) is 39.0 Å². The van der Waals surface area contributed by atoms with Crippen LogP contribution in [0.15, 0.2) is 24.3 Å². The Hall–Kier alpha value is -2.15. The molecule has 1 aliphatic carbocycles. The van der Waals surface area contributed by atoms with Crippen LogP contribution < -0.4 is 10.6 Å². The van der Waals surface area contributed by atoms with Crippen molar-refractivity contribution in [2.75, 3.05) is 25.0 Å². The van der Waals surface area contributed by atoms with E-state index < -0.39 is 0 Å². The molecule has 28 heavy (non-hydrogen) atoms. The number of benzene rings is 1. The third-order valence-corrected chi connectivity index (χ3v) is 6.34. The van der Waals surface area contributed by atoms with E-state index in [0.29, 0.717) is 24.7 Å². The van der Waals surface area contributed by atoms with Gasteiger partial charge in [0.15, 0.2) is 0 Å². The molecule has 3 aliphatic rings. The number of urea groups is 1. The third-order valence-electron chi connectivity index (χ3n) is 6.34. The van der Waals surface area contributed by atoms with Gasteiger partial charge in [0.1, 0.15) is 11.9 Å². The van der Waals surface area contributed by atoms with E-state index in [1.807, 2.05) is 0 Å². The lowest BCUT2D eigenvalue weighted by Crippen LogP contribution is -2.54. The van der Waals surface area contributed by atoms with Gasteiger partial charge in [-0.2, -0.15) is 0 Å². The highest BCUT2D eigenvalue weighted by Crippen LogP contribution is 2.42. The Morgan fingerprint density at radius 3 is 2.64 bits per heavy atom. The maximum atomic E-state index is 13.0. The Morgan fingerprint density at radius 1 is 1.21 bits per heavy atom. The number of hydrogen-bond acceptors (Lipinski definition) is 3. The van der Waals surface area contributed by atoms with Crippen LogP contribution in [0.2, 0.25) is 0 Å². The molecule has 0 bridgehead atoms. The van der Waals surface area contributed by atoms with Gasteiger partial charge in [-0.05, 0) is 62.3 Å². The lowest BCUT2D eigenvalue weighted by atomic mass is 9.80. The van der Waals surface area contributed by atoms with E-state index in [-0.39, 0.29) is 35.4 Å². The van der Waals surface area contributed by atoms with Gasteiger partial charge in [-0.3, -0.25) is 4.79 Å². The predicted octanol–water partition coefficient (Wildman–Crippen LogP) is 3.14. The minimum atomic E-state index is -0.374. The zero-order chi connectivity index (χ0) is 19.7. The molecule has 7 heteroatoms. The summed E-state index contributed by atoms with van der Waals surface area (Å²) in [4.78, 5) is 26.7. The van der Waals surface area contributed by atoms with Gasteiger partial charge in [-0.15, -0.1) is 0 Å². The number of carbonyl (C=O) groups is 2. The lowest BCUT2D eigenvalue weighted by Gasteiger charge is -2.44. The number of carbonyl (C=O) groups excluding carboxylic acids is 2. The topological polar surface area (TPSA) is 70.7 Å². The molecule has 2 N–H and O–H groups in total. The monoisotopic (exact) mass is 389 g/mol. The van der Waals surface area contributed by atoms with Crippen molar-refractivity contribution in [1.29, 1.82) is 0 Å². The second kappa shape index (κ2) is 7.70. The summed E-state index contributed by atoms with van der Waals surface area (Å²) in [6, 6.07) is 5.55. The number of anilines is 1. The van der Waals surface area contributed by atoms with Crippen molar-refractivity contribution in [3.05, 3.63) is 30.1 Å². The molecule has 3 atom stereocenters. The first kappa shape index (κ1) is 19.2. The van der Waals surface area contributed by atoms with Crippen LogP contribution in [0, 0.1) is 17.7 Å².